The molecule has 1 rings (SSSR count). The number of nitrogens with one attached hydrogen (secondary N) is 1. The Kier molecular flexibility index (Phi) is 3.87. The molecule has 0 atom stereocenters. The van der Waals surface area contributed by atoms with E-state index >= 15 is 0 Å². The molecule has 0 bridgehead atoms. The van der Waals surface area contributed by atoms with Gasteiger partial charge in [-0.05, 0) is 27.7 Å². The largest absolute Gasteiger partial charge is 0.388 e. The van der Waals surface area contributed by atoms with Gasteiger partial charge in [0.1, 0.15) is 0 Å². The van der Waals surface area contributed by atoms with Gasteiger partial charge in [-0.1, -0.05) is 5.21 Å². The lowest BCUT2D eigenvalue weighted by Gasteiger charge is -2.38. The highest BCUT2D eigenvalue weighted by atomic mass is 16.3. The van der Waals surface area contributed by atoms with Crippen molar-refractivity contribution in [3.8, 4) is 0 Å². The van der Waals surface area contributed by atoms with Crippen LogP contribution in [-0.4, -0.2) is 37.1 Å². The molecule has 0 aliphatic carbocycles. The molecule has 6 heteroatoms. The fourth-order valence-corrected chi connectivity index (χ4v) is 1.13. The Morgan fingerprint density at radius 1 is 1.41 bits per heavy atom. The highest BCUT2D eigenvalue weighted by molar-refractivity contribution is 5.76. The van der Waals surface area contributed by atoms with Gasteiger partial charge in [0.25, 0.3) is 0 Å². The average Bonchev–Trinajstić information content (AvgIpc) is 2.64. The molecule has 0 aliphatic heterocycles. The second-order valence-corrected chi connectivity index (χ2v) is 5.15. The molecule has 0 spiro atoms. The molecule has 0 saturated heterocycles. The summed E-state index contributed by atoms with van der Waals surface area (Å²) >= 11 is 0. The monoisotopic (exact) mass is 240 g/mol. The van der Waals surface area contributed by atoms with Crippen molar-refractivity contribution in [2.24, 2.45) is 0 Å². The van der Waals surface area contributed by atoms with Crippen LogP contribution >= 0.6 is 0 Å². The SMILES string of the molecule is CC(C)(O)C(C)(C)NC(=O)CCn1ccnn1. The van der Waals surface area contributed by atoms with Crippen LogP contribution in [0.1, 0.15) is 34.1 Å². The Labute approximate surface area is 101 Å². The van der Waals surface area contributed by atoms with Gasteiger partial charge in [-0.15, -0.1) is 5.10 Å². The van der Waals surface area contributed by atoms with Gasteiger partial charge in [0.15, 0.2) is 0 Å². The zero-order chi connectivity index (χ0) is 13.1. The predicted molar refractivity (Wildman–Crippen MR) is 63.2 cm³/mol. The van der Waals surface area contributed by atoms with Crippen molar-refractivity contribution in [3.05, 3.63) is 12.4 Å². The third kappa shape index (κ3) is 3.81. The second-order valence-electron chi connectivity index (χ2n) is 5.15. The summed E-state index contributed by atoms with van der Waals surface area (Å²) in [5.41, 5.74) is -1.65. The van der Waals surface area contributed by atoms with Gasteiger partial charge < -0.3 is 10.4 Å². The molecule has 1 aromatic heterocycles. The van der Waals surface area contributed by atoms with Crippen molar-refractivity contribution in [1.29, 1.82) is 0 Å². The first-order chi connectivity index (χ1) is 7.72. The van der Waals surface area contributed by atoms with Crippen molar-refractivity contribution in [2.75, 3.05) is 0 Å². The minimum atomic E-state index is -0.976. The van der Waals surface area contributed by atoms with Crippen LogP contribution in [0.4, 0.5) is 0 Å². The zero-order valence-electron chi connectivity index (χ0n) is 10.8. The molecule has 96 valence electrons. The van der Waals surface area contributed by atoms with Crippen LogP contribution in [0.15, 0.2) is 12.4 Å². The topological polar surface area (TPSA) is 80.0 Å². The number of aliphatic hydroxyl groups is 1. The van der Waals surface area contributed by atoms with Crippen molar-refractivity contribution < 1.29 is 9.90 Å². The van der Waals surface area contributed by atoms with Crippen molar-refractivity contribution in [1.82, 2.24) is 20.3 Å². The summed E-state index contributed by atoms with van der Waals surface area (Å²) in [6.45, 7) is 7.41. The van der Waals surface area contributed by atoms with E-state index in [-0.39, 0.29) is 5.91 Å². The van der Waals surface area contributed by atoms with Crippen LogP contribution in [0, 0.1) is 0 Å². The molecule has 2 N–H and O–H groups in total. The van der Waals surface area contributed by atoms with Crippen LogP contribution < -0.4 is 5.32 Å². The van der Waals surface area contributed by atoms with E-state index in [9.17, 15) is 9.90 Å². The number of hydrogen-bond donors (Lipinski definition) is 2. The Bertz CT molecular complexity index is 365. The molecule has 0 radical (unpaired) electrons. The van der Waals surface area contributed by atoms with Gasteiger partial charge in [0, 0.05) is 12.6 Å². The molecule has 17 heavy (non-hydrogen) atoms. The van der Waals surface area contributed by atoms with Crippen LogP contribution in [0.25, 0.3) is 0 Å². The van der Waals surface area contributed by atoms with Gasteiger partial charge >= 0.3 is 0 Å². The zero-order valence-corrected chi connectivity index (χ0v) is 10.8. The maximum atomic E-state index is 11.7. The summed E-state index contributed by atoms with van der Waals surface area (Å²) in [7, 11) is 0. The van der Waals surface area contributed by atoms with Crippen LogP contribution in [0.3, 0.4) is 0 Å². The molecule has 1 aromatic rings. The minimum Gasteiger partial charge on any atom is -0.388 e. The average molecular weight is 240 g/mol. The Balaban J connectivity index is 2.45. The number of nitrogens with zero attached hydrogens (tertiary/aromatic N) is 3. The molecular formula is C11H20N4O2. The van der Waals surface area contributed by atoms with Crippen molar-refractivity contribution in [3.63, 3.8) is 0 Å². The molecule has 0 aromatic carbocycles. The molecule has 0 fully saturated rings. The number of hydrogen-bond acceptors (Lipinski definition) is 4. The first-order valence-corrected chi connectivity index (χ1v) is 5.60. The van der Waals surface area contributed by atoms with Crippen LogP contribution in [-0.2, 0) is 11.3 Å². The number of aromatic nitrogens is 3. The lowest BCUT2D eigenvalue weighted by Crippen LogP contribution is -2.57. The quantitative estimate of drug-likeness (QED) is 0.777. The summed E-state index contributed by atoms with van der Waals surface area (Å²) < 4.78 is 1.59. The van der Waals surface area contributed by atoms with E-state index in [0.29, 0.717) is 13.0 Å². The number of carbonyl (C=O) groups is 1. The minimum absolute atomic E-state index is 0.118. The molecule has 6 nitrogen and oxygen atoms in total. The van der Waals surface area contributed by atoms with E-state index in [4.69, 9.17) is 0 Å². The molecule has 1 heterocycles. The smallest absolute Gasteiger partial charge is 0.222 e. The first-order valence-electron chi connectivity index (χ1n) is 5.60. The number of rotatable bonds is 5. The summed E-state index contributed by atoms with van der Waals surface area (Å²) in [6.07, 6.45) is 3.58. The van der Waals surface area contributed by atoms with E-state index in [1.165, 1.54) is 0 Å². The van der Waals surface area contributed by atoms with Gasteiger partial charge in [-0.3, -0.25) is 9.48 Å². The predicted octanol–water partition coefficient (Wildman–Crippen LogP) is 0.334. The first kappa shape index (κ1) is 13.6. The van der Waals surface area contributed by atoms with Gasteiger partial charge in [0.2, 0.25) is 5.91 Å². The van der Waals surface area contributed by atoms with Crippen molar-refractivity contribution in [2.45, 2.75) is 51.8 Å². The second kappa shape index (κ2) is 4.83. The summed E-state index contributed by atoms with van der Waals surface area (Å²) in [5, 5.41) is 20.1. The van der Waals surface area contributed by atoms with E-state index in [0.717, 1.165) is 0 Å². The third-order valence-electron chi connectivity index (χ3n) is 3.02. The lowest BCUT2D eigenvalue weighted by molar-refractivity contribution is -0.126. The van der Waals surface area contributed by atoms with Gasteiger partial charge in [0.05, 0.1) is 23.9 Å². The maximum Gasteiger partial charge on any atom is 0.222 e. The van der Waals surface area contributed by atoms with E-state index in [1.54, 1.807) is 44.8 Å². The molecule has 0 aliphatic rings. The normalized spacial score (nSPS) is 12.5. The van der Waals surface area contributed by atoms with E-state index in [2.05, 4.69) is 15.6 Å². The fraction of sp³-hybridized carbons (Fsp3) is 0.727. The number of amides is 1. The Morgan fingerprint density at radius 3 is 2.53 bits per heavy atom. The summed E-state index contributed by atoms with van der Waals surface area (Å²) in [4.78, 5) is 11.7. The molecule has 0 saturated carbocycles. The van der Waals surface area contributed by atoms with Gasteiger partial charge in [-0.2, -0.15) is 0 Å². The highest BCUT2D eigenvalue weighted by Crippen LogP contribution is 2.20. The standard InChI is InChI=1S/C11H20N4O2/c1-10(2,11(3,4)17)13-9(16)5-7-15-8-6-12-14-15/h6,8,17H,5,7H2,1-4H3,(H,13,16). The maximum absolute atomic E-state index is 11.7. The third-order valence-corrected chi connectivity index (χ3v) is 3.02. The fourth-order valence-electron chi connectivity index (χ4n) is 1.13. The molecule has 0 unspecified atom stereocenters. The molecular weight excluding hydrogens is 220 g/mol. The van der Waals surface area contributed by atoms with Crippen LogP contribution in [0.5, 0.6) is 0 Å². The van der Waals surface area contributed by atoms with E-state index in [1.807, 2.05) is 0 Å². The summed E-state index contributed by atoms with van der Waals surface area (Å²) in [5.74, 6) is -0.118. The number of aryl methyl sites for hydroxylation is 1. The number of carbonyl (C=O) groups excluding carboxylic acids is 1. The van der Waals surface area contributed by atoms with E-state index < -0.39 is 11.1 Å². The van der Waals surface area contributed by atoms with Crippen LogP contribution in [0.2, 0.25) is 0 Å². The Morgan fingerprint density at radius 2 is 2.06 bits per heavy atom. The highest BCUT2D eigenvalue weighted by Gasteiger charge is 2.36. The molecule has 1 amide bonds. The van der Waals surface area contributed by atoms with Gasteiger partial charge in [-0.25, -0.2) is 0 Å². The lowest BCUT2D eigenvalue weighted by atomic mass is 9.86. The Hall–Kier alpha value is -1.43. The van der Waals surface area contributed by atoms with Crippen molar-refractivity contribution >= 4 is 5.91 Å². The summed E-state index contributed by atoms with van der Waals surface area (Å²) in [6, 6.07) is 0.